The van der Waals surface area contributed by atoms with Crippen LogP contribution in [0.4, 0.5) is 13.2 Å². The number of alkyl halides is 3. The van der Waals surface area contributed by atoms with Gasteiger partial charge in [-0.25, -0.2) is 4.39 Å². The van der Waals surface area contributed by atoms with E-state index in [0.29, 0.717) is 12.0 Å². The smallest absolute Gasteiger partial charge is 0.279 e. The fraction of sp³-hybridized carbons (Fsp3) is 0.700. The standard InChI is InChI=1S/C10H13F3N2/c1-3-6-4-10(12,13)9-7(6)8(5(2)11)14-15-9/h5-6H,3-4H2,1-2H3,(H,14,15)/t5?,6-/m0/s1. The SMILES string of the molecule is CC[C@H]1CC(F)(F)c2n[nH]c(C(C)F)c21. The van der Waals surface area contributed by atoms with Gasteiger partial charge in [-0.2, -0.15) is 13.9 Å². The number of hydrogen-bond donors (Lipinski definition) is 1. The van der Waals surface area contributed by atoms with E-state index in [-0.39, 0.29) is 23.7 Å². The molecule has 5 heteroatoms. The molecule has 84 valence electrons. The highest BCUT2D eigenvalue weighted by atomic mass is 19.3. The summed E-state index contributed by atoms with van der Waals surface area (Å²) in [5.41, 5.74) is 0.361. The zero-order valence-corrected chi connectivity index (χ0v) is 8.65. The molecule has 0 bridgehead atoms. The molecule has 2 rings (SSSR count). The van der Waals surface area contributed by atoms with Crippen LogP contribution >= 0.6 is 0 Å². The Morgan fingerprint density at radius 1 is 1.60 bits per heavy atom. The van der Waals surface area contributed by atoms with Crippen LogP contribution in [0.15, 0.2) is 0 Å². The molecule has 0 spiro atoms. The lowest BCUT2D eigenvalue weighted by Crippen LogP contribution is -2.09. The Kier molecular flexibility index (Phi) is 2.28. The maximum Gasteiger partial charge on any atom is 0.292 e. The summed E-state index contributed by atoms with van der Waals surface area (Å²) in [5, 5.41) is 5.94. The van der Waals surface area contributed by atoms with Crippen LogP contribution in [0.1, 0.15) is 55.7 Å². The highest BCUT2D eigenvalue weighted by molar-refractivity contribution is 5.38. The summed E-state index contributed by atoms with van der Waals surface area (Å²) in [6, 6.07) is 0. The van der Waals surface area contributed by atoms with Gasteiger partial charge in [0.05, 0.1) is 5.69 Å². The normalized spacial score (nSPS) is 25.3. The zero-order valence-electron chi connectivity index (χ0n) is 8.65. The quantitative estimate of drug-likeness (QED) is 0.809. The van der Waals surface area contributed by atoms with E-state index in [0.717, 1.165) is 0 Å². The maximum atomic E-state index is 13.4. The van der Waals surface area contributed by atoms with Crippen molar-refractivity contribution >= 4 is 0 Å². The Labute approximate surface area is 85.9 Å². The molecule has 0 saturated carbocycles. The number of aromatic amines is 1. The molecule has 0 amide bonds. The number of aromatic nitrogens is 2. The van der Waals surface area contributed by atoms with Crippen LogP contribution in [0.25, 0.3) is 0 Å². The molecule has 15 heavy (non-hydrogen) atoms. The predicted octanol–water partition coefficient (Wildman–Crippen LogP) is 3.43. The molecular formula is C10H13F3N2. The summed E-state index contributed by atoms with van der Waals surface area (Å²) < 4.78 is 40.1. The topological polar surface area (TPSA) is 28.7 Å². The molecule has 1 heterocycles. The average Bonchev–Trinajstić information content (AvgIpc) is 2.66. The summed E-state index contributed by atoms with van der Waals surface area (Å²) in [7, 11) is 0. The number of fused-ring (bicyclic) bond motifs is 1. The first-order valence-corrected chi connectivity index (χ1v) is 5.08. The van der Waals surface area contributed by atoms with Gasteiger partial charge in [-0.05, 0) is 19.3 Å². The minimum Gasteiger partial charge on any atom is -0.279 e. The molecule has 0 fully saturated rings. The third-order valence-electron chi connectivity index (χ3n) is 2.98. The molecule has 1 aromatic heterocycles. The first-order chi connectivity index (χ1) is 6.97. The van der Waals surface area contributed by atoms with Gasteiger partial charge in [0.1, 0.15) is 11.9 Å². The number of nitrogens with one attached hydrogen (secondary N) is 1. The minimum absolute atomic E-state index is 0.217. The number of nitrogens with zero attached hydrogens (tertiary/aromatic N) is 1. The molecule has 0 aromatic carbocycles. The van der Waals surface area contributed by atoms with E-state index in [1.54, 1.807) is 0 Å². The molecule has 1 aliphatic rings. The van der Waals surface area contributed by atoms with E-state index < -0.39 is 12.1 Å². The molecule has 1 aliphatic carbocycles. The largest absolute Gasteiger partial charge is 0.292 e. The van der Waals surface area contributed by atoms with E-state index in [4.69, 9.17) is 0 Å². The van der Waals surface area contributed by atoms with Crippen LogP contribution in [0, 0.1) is 0 Å². The van der Waals surface area contributed by atoms with E-state index in [9.17, 15) is 13.2 Å². The molecular weight excluding hydrogens is 205 g/mol. The van der Waals surface area contributed by atoms with Gasteiger partial charge in [0.15, 0.2) is 0 Å². The second kappa shape index (κ2) is 3.25. The molecule has 2 nitrogen and oxygen atoms in total. The van der Waals surface area contributed by atoms with E-state index in [1.807, 2.05) is 6.92 Å². The van der Waals surface area contributed by atoms with Gasteiger partial charge in [0.2, 0.25) is 0 Å². The van der Waals surface area contributed by atoms with Crippen LogP contribution in [-0.4, -0.2) is 10.2 Å². The third kappa shape index (κ3) is 1.44. The Morgan fingerprint density at radius 3 is 2.80 bits per heavy atom. The van der Waals surface area contributed by atoms with Crippen LogP contribution in [-0.2, 0) is 5.92 Å². The molecule has 1 unspecified atom stereocenters. The molecule has 0 saturated heterocycles. The lowest BCUT2D eigenvalue weighted by Gasteiger charge is -2.10. The van der Waals surface area contributed by atoms with Gasteiger partial charge in [-0.3, -0.25) is 5.10 Å². The summed E-state index contributed by atoms with van der Waals surface area (Å²) >= 11 is 0. The fourth-order valence-corrected chi connectivity index (χ4v) is 2.22. The van der Waals surface area contributed by atoms with Gasteiger partial charge in [0, 0.05) is 12.0 Å². The Hall–Kier alpha value is -1.00. The van der Waals surface area contributed by atoms with Crippen molar-refractivity contribution in [1.29, 1.82) is 0 Å². The second-order valence-corrected chi connectivity index (χ2v) is 4.03. The average molecular weight is 218 g/mol. The molecule has 2 atom stereocenters. The molecule has 1 N–H and O–H groups in total. The Balaban J connectivity index is 2.52. The highest BCUT2D eigenvalue weighted by Crippen LogP contribution is 2.50. The second-order valence-electron chi connectivity index (χ2n) is 4.03. The number of halogens is 3. The summed E-state index contributed by atoms with van der Waals surface area (Å²) in [5.74, 6) is -3.18. The van der Waals surface area contributed by atoms with Crippen LogP contribution in [0.3, 0.4) is 0 Å². The molecule has 0 radical (unpaired) electrons. The van der Waals surface area contributed by atoms with Gasteiger partial charge in [0.25, 0.3) is 5.92 Å². The summed E-state index contributed by atoms with van der Waals surface area (Å²) in [4.78, 5) is 0. The van der Waals surface area contributed by atoms with Crippen molar-refractivity contribution in [2.75, 3.05) is 0 Å². The Bertz CT molecular complexity index is 371. The van der Waals surface area contributed by atoms with Crippen molar-refractivity contribution in [1.82, 2.24) is 10.2 Å². The molecule has 0 aliphatic heterocycles. The van der Waals surface area contributed by atoms with Crippen LogP contribution < -0.4 is 0 Å². The van der Waals surface area contributed by atoms with Crippen molar-refractivity contribution in [3.63, 3.8) is 0 Å². The zero-order chi connectivity index (χ0) is 11.2. The van der Waals surface area contributed by atoms with E-state index >= 15 is 0 Å². The van der Waals surface area contributed by atoms with Crippen molar-refractivity contribution in [3.8, 4) is 0 Å². The highest BCUT2D eigenvalue weighted by Gasteiger charge is 2.48. The minimum atomic E-state index is -2.90. The molecule has 1 aromatic rings. The number of H-pyrrole nitrogens is 1. The van der Waals surface area contributed by atoms with Gasteiger partial charge < -0.3 is 0 Å². The van der Waals surface area contributed by atoms with Gasteiger partial charge in [-0.1, -0.05) is 6.92 Å². The van der Waals surface area contributed by atoms with Crippen molar-refractivity contribution in [2.45, 2.75) is 44.7 Å². The predicted molar refractivity (Wildman–Crippen MR) is 49.7 cm³/mol. The van der Waals surface area contributed by atoms with Gasteiger partial charge in [-0.15, -0.1) is 0 Å². The first kappa shape index (κ1) is 10.5. The maximum absolute atomic E-state index is 13.4. The van der Waals surface area contributed by atoms with E-state index in [1.165, 1.54) is 6.92 Å². The lowest BCUT2D eigenvalue weighted by atomic mass is 9.97. The monoisotopic (exact) mass is 218 g/mol. The van der Waals surface area contributed by atoms with Crippen molar-refractivity contribution in [2.24, 2.45) is 0 Å². The van der Waals surface area contributed by atoms with Crippen molar-refractivity contribution < 1.29 is 13.2 Å². The van der Waals surface area contributed by atoms with Crippen LogP contribution in [0.5, 0.6) is 0 Å². The fourth-order valence-electron chi connectivity index (χ4n) is 2.22. The van der Waals surface area contributed by atoms with Crippen molar-refractivity contribution in [3.05, 3.63) is 17.0 Å². The van der Waals surface area contributed by atoms with Gasteiger partial charge >= 0.3 is 0 Å². The first-order valence-electron chi connectivity index (χ1n) is 5.08. The van der Waals surface area contributed by atoms with Crippen LogP contribution in [0.2, 0.25) is 0 Å². The Morgan fingerprint density at radius 2 is 2.27 bits per heavy atom. The summed E-state index contributed by atoms with van der Waals surface area (Å²) in [6.45, 7) is 3.16. The third-order valence-corrected chi connectivity index (χ3v) is 2.98. The summed E-state index contributed by atoms with van der Waals surface area (Å²) in [6.07, 6.45) is -0.929. The lowest BCUT2D eigenvalue weighted by molar-refractivity contribution is -0.0116. The van der Waals surface area contributed by atoms with E-state index in [2.05, 4.69) is 10.2 Å². The number of hydrogen-bond acceptors (Lipinski definition) is 1. The number of rotatable bonds is 2.